The minimum atomic E-state index is -0.453. The van der Waals surface area contributed by atoms with Crippen molar-refractivity contribution in [2.24, 2.45) is 12.1 Å². The SMILES string of the molecule is CN(/N=C/c1cc(C(C)(C)C)c(O)c(C(C)(C)C)c1)c1cc(=O)n(C)c(=O)n1-c1ccccc1. The molecular weight excluding hydrogens is 428 g/mol. The van der Waals surface area contributed by atoms with Crippen LogP contribution in [0.1, 0.15) is 58.2 Å². The van der Waals surface area contributed by atoms with Crippen LogP contribution in [0.5, 0.6) is 5.75 Å². The average Bonchev–Trinajstić information content (AvgIpc) is 2.75. The van der Waals surface area contributed by atoms with Gasteiger partial charge in [0.1, 0.15) is 11.6 Å². The fraction of sp³-hybridized carbons (Fsp3) is 0.370. The molecule has 0 amide bonds. The Labute approximate surface area is 200 Å². The molecule has 0 aliphatic carbocycles. The minimum absolute atomic E-state index is 0.265. The lowest BCUT2D eigenvalue weighted by molar-refractivity contribution is 0.423. The Morgan fingerprint density at radius 1 is 0.912 bits per heavy atom. The number of phenols is 1. The van der Waals surface area contributed by atoms with Crippen LogP contribution in [0, 0.1) is 0 Å². The van der Waals surface area contributed by atoms with Crippen molar-refractivity contribution in [1.29, 1.82) is 0 Å². The van der Waals surface area contributed by atoms with E-state index in [9.17, 15) is 14.7 Å². The Kier molecular flexibility index (Phi) is 6.60. The number of aromatic nitrogens is 2. The van der Waals surface area contributed by atoms with Crippen molar-refractivity contribution in [3.63, 3.8) is 0 Å². The van der Waals surface area contributed by atoms with Gasteiger partial charge in [-0.1, -0.05) is 59.7 Å². The van der Waals surface area contributed by atoms with Crippen LogP contribution >= 0.6 is 0 Å². The smallest absolute Gasteiger partial charge is 0.336 e. The molecule has 0 atom stereocenters. The Morgan fingerprint density at radius 2 is 1.44 bits per heavy atom. The Hall–Kier alpha value is -3.61. The number of aromatic hydroxyl groups is 1. The van der Waals surface area contributed by atoms with Gasteiger partial charge in [-0.15, -0.1) is 0 Å². The highest BCUT2D eigenvalue weighted by atomic mass is 16.3. The zero-order valence-corrected chi connectivity index (χ0v) is 21.2. The van der Waals surface area contributed by atoms with E-state index in [0.29, 0.717) is 17.3 Å². The average molecular weight is 463 g/mol. The minimum Gasteiger partial charge on any atom is -0.507 e. The van der Waals surface area contributed by atoms with Crippen LogP contribution in [0.3, 0.4) is 0 Å². The molecule has 0 unspecified atom stereocenters. The molecule has 0 saturated heterocycles. The van der Waals surface area contributed by atoms with Gasteiger partial charge in [-0.3, -0.25) is 14.4 Å². The summed E-state index contributed by atoms with van der Waals surface area (Å²) >= 11 is 0. The molecule has 0 bridgehead atoms. The molecule has 7 heteroatoms. The van der Waals surface area contributed by atoms with Crippen molar-refractivity contribution in [3.8, 4) is 11.4 Å². The molecule has 1 aromatic heterocycles. The maximum Gasteiger partial charge on any atom is 0.336 e. The quantitative estimate of drug-likeness (QED) is 0.463. The van der Waals surface area contributed by atoms with Gasteiger partial charge in [-0.05, 0) is 40.7 Å². The van der Waals surface area contributed by atoms with Gasteiger partial charge >= 0.3 is 5.69 Å². The van der Waals surface area contributed by atoms with E-state index < -0.39 is 11.2 Å². The van der Waals surface area contributed by atoms with Crippen LogP contribution in [0.4, 0.5) is 5.82 Å². The molecule has 34 heavy (non-hydrogen) atoms. The van der Waals surface area contributed by atoms with Crippen molar-refractivity contribution in [1.82, 2.24) is 9.13 Å². The van der Waals surface area contributed by atoms with Crippen molar-refractivity contribution in [3.05, 3.63) is 86.1 Å². The van der Waals surface area contributed by atoms with Crippen LogP contribution in [0.15, 0.2) is 63.2 Å². The molecule has 0 aliphatic heterocycles. The molecule has 0 saturated carbocycles. The second kappa shape index (κ2) is 8.97. The summed E-state index contributed by atoms with van der Waals surface area (Å²) in [6.45, 7) is 12.3. The predicted octanol–water partition coefficient (Wildman–Crippen LogP) is 4.31. The number of para-hydroxylation sites is 1. The second-order valence-electron chi connectivity index (χ2n) is 10.6. The van der Waals surface area contributed by atoms with Gasteiger partial charge in [-0.2, -0.15) is 5.10 Å². The van der Waals surface area contributed by atoms with E-state index in [1.54, 1.807) is 25.4 Å². The summed E-state index contributed by atoms with van der Waals surface area (Å²) in [7, 11) is 3.15. The Bertz CT molecular complexity index is 1300. The molecule has 0 fully saturated rings. The molecule has 2 aromatic carbocycles. The number of hydrogen-bond acceptors (Lipinski definition) is 5. The number of hydrogen-bond donors (Lipinski definition) is 1. The van der Waals surface area contributed by atoms with E-state index >= 15 is 0 Å². The van der Waals surface area contributed by atoms with E-state index in [-0.39, 0.29) is 10.8 Å². The van der Waals surface area contributed by atoms with Gasteiger partial charge in [-0.25, -0.2) is 9.36 Å². The van der Waals surface area contributed by atoms with Crippen molar-refractivity contribution < 1.29 is 5.11 Å². The van der Waals surface area contributed by atoms with Crippen LogP contribution in [-0.2, 0) is 17.9 Å². The van der Waals surface area contributed by atoms with Gasteiger partial charge < -0.3 is 5.11 Å². The fourth-order valence-corrected chi connectivity index (χ4v) is 3.76. The molecule has 0 radical (unpaired) electrons. The fourth-order valence-electron chi connectivity index (χ4n) is 3.76. The maximum atomic E-state index is 13.0. The van der Waals surface area contributed by atoms with Crippen LogP contribution in [0.25, 0.3) is 5.69 Å². The molecule has 7 nitrogen and oxygen atoms in total. The third kappa shape index (κ3) is 4.98. The summed E-state index contributed by atoms with van der Waals surface area (Å²) in [4.78, 5) is 25.4. The van der Waals surface area contributed by atoms with E-state index in [0.717, 1.165) is 21.3 Å². The number of benzene rings is 2. The first-order valence-corrected chi connectivity index (χ1v) is 11.3. The molecule has 180 valence electrons. The summed E-state index contributed by atoms with van der Waals surface area (Å²) in [5, 5.41) is 17.0. The number of rotatable bonds is 4. The molecule has 0 spiro atoms. The van der Waals surface area contributed by atoms with Gasteiger partial charge in [0.05, 0.1) is 11.9 Å². The molecule has 3 rings (SSSR count). The van der Waals surface area contributed by atoms with Crippen molar-refractivity contribution in [2.45, 2.75) is 52.4 Å². The molecular formula is C27H34N4O3. The summed E-state index contributed by atoms with van der Waals surface area (Å²) < 4.78 is 2.52. The third-order valence-electron chi connectivity index (χ3n) is 5.76. The molecule has 3 aromatic rings. The van der Waals surface area contributed by atoms with Gasteiger partial charge in [0.2, 0.25) is 0 Å². The summed E-state index contributed by atoms with van der Waals surface area (Å²) in [6, 6.07) is 14.4. The Morgan fingerprint density at radius 3 is 1.94 bits per heavy atom. The summed E-state index contributed by atoms with van der Waals surface area (Å²) in [6.07, 6.45) is 1.68. The largest absolute Gasteiger partial charge is 0.507 e. The molecule has 1 heterocycles. The van der Waals surface area contributed by atoms with Gasteiger partial charge in [0.15, 0.2) is 0 Å². The van der Waals surface area contributed by atoms with E-state index in [2.05, 4.69) is 46.6 Å². The van der Waals surface area contributed by atoms with Crippen molar-refractivity contribution in [2.75, 3.05) is 12.1 Å². The predicted molar refractivity (Wildman–Crippen MR) is 139 cm³/mol. The normalized spacial score (nSPS) is 12.4. The number of phenolic OH excluding ortho intramolecular Hbond substituents is 1. The lowest BCUT2D eigenvalue weighted by Crippen LogP contribution is -2.39. The lowest BCUT2D eigenvalue weighted by Gasteiger charge is -2.27. The molecule has 1 N–H and O–H groups in total. The number of anilines is 1. The third-order valence-corrected chi connectivity index (χ3v) is 5.76. The van der Waals surface area contributed by atoms with Crippen molar-refractivity contribution >= 4 is 12.0 Å². The van der Waals surface area contributed by atoms with Crippen LogP contribution in [-0.4, -0.2) is 27.5 Å². The highest BCUT2D eigenvalue weighted by molar-refractivity contribution is 5.82. The summed E-state index contributed by atoms with van der Waals surface area (Å²) in [5.74, 6) is 0.649. The summed E-state index contributed by atoms with van der Waals surface area (Å²) in [5.41, 5.74) is 1.72. The zero-order chi connectivity index (χ0) is 25.4. The molecule has 0 aliphatic rings. The number of nitrogens with zero attached hydrogens (tertiary/aromatic N) is 4. The highest BCUT2D eigenvalue weighted by Gasteiger charge is 2.26. The topological polar surface area (TPSA) is 79.8 Å². The maximum absolute atomic E-state index is 13.0. The second-order valence-corrected chi connectivity index (χ2v) is 10.6. The zero-order valence-electron chi connectivity index (χ0n) is 21.2. The van der Waals surface area contributed by atoms with Gasteiger partial charge in [0.25, 0.3) is 5.56 Å². The lowest BCUT2D eigenvalue weighted by atomic mass is 9.78. The highest BCUT2D eigenvalue weighted by Crippen LogP contribution is 2.39. The first kappa shape index (κ1) is 25.0. The van der Waals surface area contributed by atoms with Gasteiger partial charge in [0, 0.05) is 31.3 Å². The van der Waals surface area contributed by atoms with E-state index in [4.69, 9.17) is 0 Å². The van der Waals surface area contributed by atoms with E-state index in [1.165, 1.54) is 22.7 Å². The Balaban J connectivity index is 2.14. The standard InChI is InChI=1S/C27H34N4O3/c1-26(2,3)20-14-18(15-21(24(20)33)27(4,5)6)17-28-30(8)22-16-23(32)29(7)25(34)31(22)19-12-10-9-11-13-19/h9-17,33H,1-8H3/b28-17+. The van der Waals surface area contributed by atoms with Crippen LogP contribution in [0.2, 0.25) is 0 Å². The van der Waals surface area contributed by atoms with E-state index in [1.807, 2.05) is 30.3 Å². The monoisotopic (exact) mass is 462 g/mol. The first-order valence-electron chi connectivity index (χ1n) is 11.3. The first-order chi connectivity index (χ1) is 15.7. The number of hydrazone groups is 1. The van der Waals surface area contributed by atoms with Crippen LogP contribution < -0.4 is 16.3 Å².